The summed E-state index contributed by atoms with van der Waals surface area (Å²) in [7, 11) is 1.54. The highest BCUT2D eigenvalue weighted by molar-refractivity contribution is 8.15. The molecular formula is C17H16FN3O2S2. The summed E-state index contributed by atoms with van der Waals surface area (Å²) in [5.74, 6) is -0.711. The van der Waals surface area contributed by atoms with Gasteiger partial charge in [-0.25, -0.2) is 9.38 Å². The summed E-state index contributed by atoms with van der Waals surface area (Å²) in [6.45, 7) is 0.407. The zero-order valence-corrected chi connectivity index (χ0v) is 15.1. The van der Waals surface area contributed by atoms with Crippen LogP contribution in [0, 0.1) is 5.82 Å². The van der Waals surface area contributed by atoms with Crippen molar-refractivity contribution in [3.8, 4) is 0 Å². The molecule has 5 nitrogen and oxygen atoms in total. The van der Waals surface area contributed by atoms with Crippen molar-refractivity contribution in [3.63, 3.8) is 0 Å². The van der Waals surface area contributed by atoms with Gasteiger partial charge in [0.1, 0.15) is 5.82 Å². The molecule has 1 fully saturated rings. The summed E-state index contributed by atoms with van der Waals surface area (Å²) < 4.78 is 13.1. The minimum Gasteiger partial charge on any atom is -0.358 e. The van der Waals surface area contributed by atoms with E-state index in [0.717, 1.165) is 4.88 Å². The van der Waals surface area contributed by atoms with Crippen molar-refractivity contribution in [2.24, 2.45) is 4.99 Å². The van der Waals surface area contributed by atoms with E-state index in [1.165, 1.54) is 23.9 Å². The van der Waals surface area contributed by atoms with Crippen molar-refractivity contribution in [1.82, 2.24) is 10.2 Å². The van der Waals surface area contributed by atoms with E-state index in [0.29, 0.717) is 17.4 Å². The number of amides is 2. The van der Waals surface area contributed by atoms with E-state index in [-0.39, 0.29) is 24.1 Å². The third-order valence-electron chi connectivity index (χ3n) is 3.62. The number of thioether (sulfide) groups is 1. The van der Waals surface area contributed by atoms with E-state index >= 15 is 0 Å². The van der Waals surface area contributed by atoms with Gasteiger partial charge >= 0.3 is 0 Å². The smallest absolute Gasteiger partial charge is 0.233 e. The number of hydrogen-bond donors (Lipinski definition) is 1. The minimum absolute atomic E-state index is 0.123. The molecule has 1 aliphatic heterocycles. The molecule has 0 bridgehead atoms. The summed E-state index contributed by atoms with van der Waals surface area (Å²) in [5.41, 5.74) is 0.533. The normalized spacial score (nSPS) is 19.3. The van der Waals surface area contributed by atoms with Crippen LogP contribution in [-0.4, -0.2) is 34.2 Å². The zero-order chi connectivity index (χ0) is 17.8. The highest BCUT2D eigenvalue weighted by atomic mass is 32.2. The Morgan fingerprint density at radius 2 is 2.12 bits per heavy atom. The number of carbonyl (C=O) groups excluding carboxylic acids is 2. The lowest BCUT2D eigenvalue weighted by molar-refractivity contribution is -0.130. The van der Waals surface area contributed by atoms with Gasteiger partial charge in [0.15, 0.2) is 5.17 Å². The first-order chi connectivity index (χ1) is 12.1. The van der Waals surface area contributed by atoms with Gasteiger partial charge in [-0.05, 0) is 35.7 Å². The molecule has 1 aromatic carbocycles. The molecule has 2 aromatic rings. The van der Waals surface area contributed by atoms with Gasteiger partial charge in [-0.2, -0.15) is 0 Å². The molecule has 0 spiro atoms. The van der Waals surface area contributed by atoms with Gasteiger partial charge in [0, 0.05) is 18.3 Å². The Morgan fingerprint density at radius 3 is 2.76 bits per heavy atom. The number of thiophene rings is 1. The average molecular weight is 377 g/mol. The van der Waals surface area contributed by atoms with Crippen molar-refractivity contribution in [2.75, 3.05) is 7.05 Å². The van der Waals surface area contributed by atoms with Gasteiger partial charge in [0.2, 0.25) is 11.8 Å². The monoisotopic (exact) mass is 377 g/mol. The molecule has 1 N–H and O–H groups in total. The molecular weight excluding hydrogens is 361 g/mol. The highest BCUT2D eigenvalue weighted by Gasteiger charge is 2.35. The Kier molecular flexibility index (Phi) is 5.50. The van der Waals surface area contributed by atoms with Crippen LogP contribution in [0.15, 0.2) is 46.8 Å². The predicted octanol–water partition coefficient (Wildman–Crippen LogP) is 3.16. The van der Waals surface area contributed by atoms with Gasteiger partial charge in [-0.15, -0.1) is 11.3 Å². The summed E-state index contributed by atoms with van der Waals surface area (Å²) in [6, 6.07) is 9.58. The Hall–Kier alpha value is -2.19. The van der Waals surface area contributed by atoms with E-state index < -0.39 is 5.25 Å². The quantitative estimate of drug-likeness (QED) is 0.890. The van der Waals surface area contributed by atoms with Crippen molar-refractivity contribution in [1.29, 1.82) is 0 Å². The van der Waals surface area contributed by atoms with E-state index in [4.69, 9.17) is 0 Å². The minimum atomic E-state index is -0.517. The van der Waals surface area contributed by atoms with Crippen LogP contribution in [0.2, 0.25) is 0 Å². The average Bonchev–Trinajstić information content (AvgIpc) is 3.12. The van der Waals surface area contributed by atoms with Crippen LogP contribution >= 0.6 is 23.1 Å². The van der Waals surface area contributed by atoms with Crippen molar-refractivity contribution in [2.45, 2.75) is 18.2 Å². The maximum absolute atomic E-state index is 13.1. The molecule has 130 valence electrons. The zero-order valence-electron chi connectivity index (χ0n) is 13.4. The number of carbonyl (C=O) groups is 2. The first-order valence-electron chi connectivity index (χ1n) is 7.62. The third-order valence-corrected chi connectivity index (χ3v) is 5.67. The molecule has 8 heteroatoms. The molecule has 0 unspecified atom stereocenters. The van der Waals surface area contributed by atoms with Crippen LogP contribution in [0.3, 0.4) is 0 Å². The van der Waals surface area contributed by atoms with Crippen LogP contribution < -0.4 is 5.32 Å². The maximum atomic E-state index is 13.1. The van der Waals surface area contributed by atoms with E-state index in [9.17, 15) is 14.0 Å². The van der Waals surface area contributed by atoms with Crippen molar-refractivity contribution in [3.05, 3.63) is 52.5 Å². The number of hydrogen-bond acceptors (Lipinski definition) is 5. The molecule has 1 atom stereocenters. The first-order valence-corrected chi connectivity index (χ1v) is 9.38. The van der Waals surface area contributed by atoms with Crippen LogP contribution in [-0.2, 0) is 16.1 Å². The van der Waals surface area contributed by atoms with E-state index in [1.54, 1.807) is 35.4 Å². The Morgan fingerprint density at radius 1 is 1.36 bits per heavy atom. The van der Waals surface area contributed by atoms with Crippen LogP contribution in [0.25, 0.3) is 0 Å². The second kappa shape index (κ2) is 7.79. The molecule has 0 saturated carbocycles. The second-order valence-corrected chi connectivity index (χ2v) is 7.56. The Balaban J connectivity index is 1.91. The summed E-state index contributed by atoms with van der Waals surface area (Å²) in [5, 5.41) is 4.45. The van der Waals surface area contributed by atoms with Gasteiger partial charge in [0.25, 0.3) is 0 Å². The highest BCUT2D eigenvalue weighted by Crippen LogP contribution is 2.30. The van der Waals surface area contributed by atoms with Gasteiger partial charge in [0.05, 0.1) is 17.5 Å². The lowest BCUT2D eigenvalue weighted by Gasteiger charge is -2.31. The number of rotatable bonds is 4. The summed E-state index contributed by atoms with van der Waals surface area (Å²) in [4.78, 5) is 31.7. The standard InChI is InChI=1S/C17H16FN3O2S2/c1-19-16(23)14-9-15(22)21(10-13-3-2-8-24-13)17(25-14)20-12-6-4-11(18)5-7-12/h2-8,14H,9-10H2,1H3,(H,19,23)/t14-/m1/s1. The van der Waals surface area contributed by atoms with Gasteiger partial charge in [-0.1, -0.05) is 17.8 Å². The Labute approximate surface area is 152 Å². The fourth-order valence-corrected chi connectivity index (χ4v) is 4.19. The lowest BCUT2D eigenvalue weighted by atomic mass is 10.2. The lowest BCUT2D eigenvalue weighted by Crippen LogP contribution is -2.45. The molecule has 3 rings (SSSR count). The molecule has 2 heterocycles. The van der Waals surface area contributed by atoms with E-state index in [1.807, 2.05) is 17.5 Å². The molecule has 25 heavy (non-hydrogen) atoms. The second-order valence-electron chi connectivity index (χ2n) is 5.35. The number of halogens is 1. The third kappa shape index (κ3) is 4.26. The first kappa shape index (κ1) is 17.6. The molecule has 1 aliphatic rings. The van der Waals surface area contributed by atoms with Gasteiger partial charge in [-0.3, -0.25) is 14.5 Å². The van der Waals surface area contributed by atoms with Crippen molar-refractivity contribution < 1.29 is 14.0 Å². The Bertz CT molecular complexity index is 791. The maximum Gasteiger partial charge on any atom is 0.233 e. The summed E-state index contributed by atoms with van der Waals surface area (Å²) >= 11 is 2.80. The van der Waals surface area contributed by atoms with Crippen LogP contribution in [0.1, 0.15) is 11.3 Å². The molecule has 0 aliphatic carbocycles. The number of nitrogens with zero attached hydrogens (tertiary/aromatic N) is 2. The largest absolute Gasteiger partial charge is 0.358 e. The van der Waals surface area contributed by atoms with Crippen LogP contribution in [0.5, 0.6) is 0 Å². The fraction of sp³-hybridized carbons (Fsp3) is 0.235. The molecule has 1 saturated heterocycles. The van der Waals surface area contributed by atoms with E-state index in [2.05, 4.69) is 10.3 Å². The number of aliphatic imine (C=N–C) groups is 1. The van der Waals surface area contributed by atoms with Crippen LogP contribution in [0.4, 0.5) is 10.1 Å². The molecule has 1 aromatic heterocycles. The SMILES string of the molecule is CNC(=O)[C@H]1CC(=O)N(Cc2cccs2)C(=Nc2ccc(F)cc2)S1. The number of nitrogens with one attached hydrogen (secondary N) is 1. The molecule has 0 radical (unpaired) electrons. The fourth-order valence-electron chi connectivity index (χ4n) is 2.34. The topological polar surface area (TPSA) is 61.8 Å². The number of amidine groups is 1. The number of benzene rings is 1. The summed E-state index contributed by atoms with van der Waals surface area (Å²) in [6.07, 6.45) is 0.123. The molecule has 2 amide bonds. The van der Waals surface area contributed by atoms with Crippen molar-refractivity contribution >= 4 is 45.8 Å². The predicted molar refractivity (Wildman–Crippen MR) is 98.4 cm³/mol. The van der Waals surface area contributed by atoms with Gasteiger partial charge < -0.3 is 5.32 Å².